The Morgan fingerprint density at radius 1 is 1.30 bits per heavy atom. The molecule has 0 aliphatic rings. The van der Waals surface area contributed by atoms with Crippen LogP contribution < -0.4 is 0 Å². The smallest absolute Gasteiger partial charge is 0.338 e. The number of sulfone groups is 1. The molecule has 2 aromatic rings. The van der Waals surface area contributed by atoms with E-state index in [2.05, 4.69) is 6.58 Å². The van der Waals surface area contributed by atoms with E-state index >= 15 is 0 Å². The van der Waals surface area contributed by atoms with Crippen LogP contribution in [0.1, 0.15) is 22.8 Å². The number of ether oxygens (including phenoxy) is 1. The normalized spacial score (nSPS) is 11.2. The first kappa shape index (κ1) is 17.0. The monoisotopic (exact) mass is 334 g/mol. The summed E-state index contributed by atoms with van der Waals surface area (Å²) in [6, 6.07) is 6.78. The molecule has 0 bridgehead atoms. The maximum Gasteiger partial charge on any atom is 0.338 e. The third-order valence-corrected chi connectivity index (χ3v) is 4.70. The van der Waals surface area contributed by atoms with Crippen LogP contribution in [0.5, 0.6) is 0 Å². The summed E-state index contributed by atoms with van der Waals surface area (Å²) in [5, 5.41) is 0. The number of benzene rings is 1. The van der Waals surface area contributed by atoms with Crippen molar-refractivity contribution in [3.63, 3.8) is 0 Å². The molecule has 1 aromatic carbocycles. The lowest BCUT2D eigenvalue weighted by Gasteiger charge is -2.11. The molecule has 0 N–H and O–H groups in total. The highest BCUT2D eigenvalue weighted by molar-refractivity contribution is 7.90. The summed E-state index contributed by atoms with van der Waals surface area (Å²) in [5.74, 6) is -0.918. The van der Waals surface area contributed by atoms with Crippen LogP contribution in [0.15, 0.2) is 53.9 Å². The fourth-order valence-electron chi connectivity index (χ4n) is 2.18. The largest absolute Gasteiger partial charge is 0.472 e. The van der Waals surface area contributed by atoms with E-state index in [-0.39, 0.29) is 23.7 Å². The van der Waals surface area contributed by atoms with Gasteiger partial charge in [0.25, 0.3) is 0 Å². The van der Waals surface area contributed by atoms with Gasteiger partial charge in [-0.1, -0.05) is 18.2 Å². The molecule has 1 aromatic heterocycles. The van der Waals surface area contributed by atoms with E-state index < -0.39 is 15.8 Å². The SMILES string of the molecule is C=CCS(=O)(=O)Cc1ccc(-c2ccoc2)cc1C(=O)OCC. The second-order valence-electron chi connectivity index (χ2n) is 4.95. The summed E-state index contributed by atoms with van der Waals surface area (Å²) in [7, 11) is -3.37. The Kier molecular flexibility index (Phi) is 5.39. The average Bonchev–Trinajstić information content (AvgIpc) is 3.01. The van der Waals surface area contributed by atoms with E-state index in [4.69, 9.17) is 9.15 Å². The van der Waals surface area contributed by atoms with Crippen molar-refractivity contribution in [2.24, 2.45) is 0 Å². The van der Waals surface area contributed by atoms with Crippen LogP contribution in [0.3, 0.4) is 0 Å². The highest BCUT2D eigenvalue weighted by atomic mass is 32.2. The molecule has 2 rings (SSSR count). The summed E-state index contributed by atoms with van der Waals surface area (Å²) < 4.78 is 34.1. The first-order valence-corrected chi connectivity index (χ1v) is 8.93. The fraction of sp³-hybridized carbons (Fsp3) is 0.235. The number of hydrogen-bond donors (Lipinski definition) is 0. The van der Waals surface area contributed by atoms with Crippen LogP contribution in [0.2, 0.25) is 0 Å². The van der Waals surface area contributed by atoms with E-state index in [9.17, 15) is 13.2 Å². The first-order chi connectivity index (χ1) is 11.0. The number of carbonyl (C=O) groups excluding carboxylic acids is 1. The molecule has 23 heavy (non-hydrogen) atoms. The van der Waals surface area contributed by atoms with Gasteiger partial charge in [-0.15, -0.1) is 6.58 Å². The minimum absolute atomic E-state index is 0.140. The van der Waals surface area contributed by atoms with Crippen LogP contribution in [0, 0.1) is 0 Å². The van der Waals surface area contributed by atoms with Gasteiger partial charge in [-0.05, 0) is 30.2 Å². The molecular weight excluding hydrogens is 316 g/mol. The summed E-state index contributed by atoms with van der Waals surface area (Å²) in [4.78, 5) is 12.2. The van der Waals surface area contributed by atoms with Gasteiger partial charge in [-0.2, -0.15) is 0 Å². The minimum atomic E-state index is -3.37. The molecule has 0 aliphatic carbocycles. The van der Waals surface area contributed by atoms with Crippen molar-refractivity contribution < 1.29 is 22.4 Å². The zero-order valence-electron chi connectivity index (χ0n) is 12.8. The van der Waals surface area contributed by atoms with Crippen LogP contribution in [0.25, 0.3) is 11.1 Å². The molecule has 5 nitrogen and oxygen atoms in total. The van der Waals surface area contributed by atoms with Crippen LogP contribution in [0.4, 0.5) is 0 Å². The van der Waals surface area contributed by atoms with Gasteiger partial charge in [0.05, 0.1) is 36.2 Å². The molecule has 0 radical (unpaired) electrons. The molecule has 0 atom stereocenters. The minimum Gasteiger partial charge on any atom is -0.472 e. The number of carbonyl (C=O) groups is 1. The van der Waals surface area contributed by atoms with Gasteiger partial charge < -0.3 is 9.15 Å². The molecule has 122 valence electrons. The lowest BCUT2D eigenvalue weighted by molar-refractivity contribution is 0.0525. The summed E-state index contributed by atoms with van der Waals surface area (Å²) in [5.41, 5.74) is 2.22. The second kappa shape index (κ2) is 7.28. The predicted octanol–water partition coefficient (Wildman–Crippen LogP) is 3.22. The van der Waals surface area contributed by atoms with Crippen molar-refractivity contribution in [1.82, 2.24) is 0 Å². The first-order valence-electron chi connectivity index (χ1n) is 7.10. The molecule has 0 aliphatic heterocycles. The zero-order chi connectivity index (χ0) is 16.9. The third-order valence-electron chi connectivity index (χ3n) is 3.21. The van der Waals surface area contributed by atoms with Gasteiger partial charge in [0, 0.05) is 5.56 Å². The molecule has 0 saturated heterocycles. The summed E-state index contributed by atoms with van der Waals surface area (Å²) >= 11 is 0. The van der Waals surface area contributed by atoms with Gasteiger partial charge in [0.2, 0.25) is 0 Å². The van der Waals surface area contributed by atoms with E-state index in [0.29, 0.717) is 5.56 Å². The van der Waals surface area contributed by atoms with Crippen molar-refractivity contribution in [3.8, 4) is 11.1 Å². The number of furan rings is 1. The summed E-state index contributed by atoms with van der Waals surface area (Å²) in [6.45, 7) is 5.36. The Bertz CT molecular complexity index is 788. The van der Waals surface area contributed by atoms with Gasteiger partial charge in [-0.3, -0.25) is 0 Å². The molecule has 1 heterocycles. The number of hydrogen-bond acceptors (Lipinski definition) is 5. The van der Waals surface area contributed by atoms with E-state index in [1.54, 1.807) is 37.5 Å². The van der Waals surface area contributed by atoms with Gasteiger partial charge in [0.15, 0.2) is 9.84 Å². The maximum absolute atomic E-state index is 12.2. The van der Waals surface area contributed by atoms with Gasteiger partial charge >= 0.3 is 5.97 Å². The number of rotatable bonds is 7. The van der Waals surface area contributed by atoms with Crippen molar-refractivity contribution in [2.75, 3.05) is 12.4 Å². The molecule has 0 unspecified atom stereocenters. The zero-order valence-corrected chi connectivity index (χ0v) is 13.6. The lowest BCUT2D eigenvalue weighted by atomic mass is 10.0. The molecular formula is C17H18O5S. The molecule has 0 spiro atoms. The third kappa shape index (κ3) is 4.32. The van der Waals surface area contributed by atoms with E-state index in [0.717, 1.165) is 11.1 Å². The van der Waals surface area contributed by atoms with Crippen molar-refractivity contribution >= 4 is 15.8 Å². The second-order valence-corrected chi connectivity index (χ2v) is 7.06. The Labute approximate surface area is 135 Å². The Morgan fingerprint density at radius 2 is 2.09 bits per heavy atom. The Hall–Kier alpha value is -2.34. The molecule has 0 saturated carbocycles. The Morgan fingerprint density at radius 3 is 2.70 bits per heavy atom. The number of esters is 1. The highest BCUT2D eigenvalue weighted by Crippen LogP contribution is 2.25. The van der Waals surface area contributed by atoms with Gasteiger partial charge in [-0.25, -0.2) is 13.2 Å². The predicted molar refractivity (Wildman–Crippen MR) is 87.8 cm³/mol. The lowest BCUT2D eigenvalue weighted by Crippen LogP contribution is -2.13. The van der Waals surface area contributed by atoms with Crippen LogP contribution in [-0.2, 0) is 20.3 Å². The standard InChI is InChI=1S/C17H18O5S/c1-3-9-23(19,20)12-15-6-5-13(14-7-8-21-11-14)10-16(15)17(18)22-4-2/h3,5-8,10-11H,1,4,9,12H2,2H3. The van der Waals surface area contributed by atoms with Crippen molar-refractivity contribution in [2.45, 2.75) is 12.7 Å². The van der Waals surface area contributed by atoms with Gasteiger partial charge in [0.1, 0.15) is 0 Å². The van der Waals surface area contributed by atoms with Crippen molar-refractivity contribution in [1.29, 1.82) is 0 Å². The Balaban J connectivity index is 2.45. The molecule has 0 fully saturated rings. The maximum atomic E-state index is 12.2. The fourth-order valence-corrected chi connectivity index (χ4v) is 3.39. The topological polar surface area (TPSA) is 73.6 Å². The van der Waals surface area contributed by atoms with Crippen molar-refractivity contribution in [3.05, 3.63) is 60.6 Å². The van der Waals surface area contributed by atoms with Crippen LogP contribution in [-0.4, -0.2) is 26.7 Å². The quantitative estimate of drug-likeness (QED) is 0.574. The molecule has 6 heteroatoms. The van der Waals surface area contributed by atoms with Crippen LogP contribution >= 0.6 is 0 Å². The van der Waals surface area contributed by atoms with E-state index in [1.165, 1.54) is 12.3 Å². The summed E-state index contributed by atoms with van der Waals surface area (Å²) in [6.07, 6.45) is 4.42. The average molecular weight is 334 g/mol. The molecule has 0 amide bonds. The van der Waals surface area contributed by atoms with E-state index in [1.807, 2.05) is 0 Å². The highest BCUT2D eigenvalue weighted by Gasteiger charge is 2.19.